The zero-order valence-corrected chi connectivity index (χ0v) is 8.56. The van der Waals surface area contributed by atoms with Gasteiger partial charge in [-0.15, -0.1) is 11.3 Å². The van der Waals surface area contributed by atoms with Crippen LogP contribution in [0.15, 0.2) is 12.1 Å². The third-order valence-corrected chi connectivity index (χ3v) is 2.66. The molecule has 0 amide bonds. The molecule has 0 aromatic carbocycles. The Morgan fingerprint density at radius 3 is 2.92 bits per heavy atom. The maximum atomic E-state index is 11.1. The lowest BCUT2D eigenvalue weighted by atomic mass is 10.2. The minimum absolute atomic E-state index is 0.129. The first kappa shape index (κ1) is 10.2. The molecular weight excluding hydrogens is 186 g/mol. The molecule has 1 atom stereocenters. The monoisotopic (exact) mass is 199 g/mol. The molecule has 0 saturated heterocycles. The maximum Gasteiger partial charge on any atom is 0.348 e. The Kier molecular flexibility index (Phi) is 3.45. The molecule has 0 unspecified atom stereocenters. The van der Waals surface area contributed by atoms with E-state index < -0.39 is 0 Å². The Bertz CT molecular complexity index is 294. The van der Waals surface area contributed by atoms with Crippen LogP contribution in [-0.4, -0.2) is 19.1 Å². The summed E-state index contributed by atoms with van der Waals surface area (Å²) in [6.07, 6.45) is 0.807. The maximum absolute atomic E-state index is 11.1. The second kappa shape index (κ2) is 4.39. The molecule has 0 aliphatic rings. The Balaban J connectivity index is 2.69. The number of ether oxygens (including phenoxy) is 1. The molecular formula is C9H13NO2S. The molecule has 0 radical (unpaired) electrons. The van der Waals surface area contributed by atoms with E-state index in [2.05, 4.69) is 4.74 Å². The Hall–Kier alpha value is -0.870. The van der Waals surface area contributed by atoms with Crippen LogP contribution in [0.1, 0.15) is 21.5 Å². The first-order valence-corrected chi connectivity index (χ1v) is 4.87. The van der Waals surface area contributed by atoms with Gasteiger partial charge >= 0.3 is 5.97 Å². The standard InChI is InChI=1S/C9H13NO2S/c1-6(10)5-7-3-4-8(13-7)9(11)12-2/h3-4,6H,5,10H2,1-2H3/t6-/m1/s1. The molecule has 0 saturated carbocycles. The third kappa shape index (κ3) is 2.82. The van der Waals surface area contributed by atoms with Gasteiger partial charge in [0.25, 0.3) is 0 Å². The number of thiophene rings is 1. The van der Waals surface area contributed by atoms with Gasteiger partial charge in [-0.25, -0.2) is 4.79 Å². The van der Waals surface area contributed by atoms with E-state index in [1.807, 2.05) is 13.0 Å². The first-order chi connectivity index (χ1) is 6.13. The largest absolute Gasteiger partial charge is 0.465 e. The minimum atomic E-state index is -0.277. The van der Waals surface area contributed by atoms with Crippen molar-refractivity contribution in [3.8, 4) is 0 Å². The molecule has 13 heavy (non-hydrogen) atoms. The van der Waals surface area contributed by atoms with Crippen molar-refractivity contribution in [1.29, 1.82) is 0 Å². The van der Waals surface area contributed by atoms with E-state index in [4.69, 9.17) is 5.73 Å². The van der Waals surface area contributed by atoms with Crippen molar-refractivity contribution in [2.75, 3.05) is 7.11 Å². The predicted octanol–water partition coefficient (Wildman–Crippen LogP) is 1.42. The summed E-state index contributed by atoms with van der Waals surface area (Å²) >= 11 is 1.44. The van der Waals surface area contributed by atoms with Crippen molar-refractivity contribution in [1.82, 2.24) is 0 Å². The van der Waals surface area contributed by atoms with Crippen molar-refractivity contribution in [3.63, 3.8) is 0 Å². The molecule has 1 rings (SSSR count). The van der Waals surface area contributed by atoms with Gasteiger partial charge in [-0.1, -0.05) is 0 Å². The average Bonchev–Trinajstić information content (AvgIpc) is 2.50. The topological polar surface area (TPSA) is 52.3 Å². The number of nitrogens with two attached hydrogens (primary N) is 1. The molecule has 3 nitrogen and oxygen atoms in total. The van der Waals surface area contributed by atoms with E-state index in [-0.39, 0.29) is 12.0 Å². The number of hydrogen-bond acceptors (Lipinski definition) is 4. The van der Waals surface area contributed by atoms with E-state index in [9.17, 15) is 4.79 Å². The quantitative estimate of drug-likeness (QED) is 0.749. The van der Waals surface area contributed by atoms with Crippen molar-refractivity contribution in [2.45, 2.75) is 19.4 Å². The van der Waals surface area contributed by atoms with Gasteiger partial charge in [0.2, 0.25) is 0 Å². The molecule has 72 valence electrons. The van der Waals surface area contributed by atoms with Gasteiger partial charge in [0.1, 0.15) is 4.88 Å². The van der Waals surface area contributed by atoms with Crippen molar-refractivity contribution in [2.24, 2.45) is 5.73 Å². The fourth-order valence-corrected chi connectivity index (χ4v) is 2.08. The van der Waals surface area contributed by atoms with Crippen LogP contribution in [0, 0.1) is 0 Å². The molecule has 0 spiro atoms. The summed E-state index contributed by atoms with van der Waals surface area (Å²) < 4.78 is 4.59. The number of carbonyl (C=O) groups excluding carboxylic acids is 1. The fourth-order valence-electron chi connectivity index (χ4n) is 1.02. The van der Waals surface area contributed by atoms with Crippen LogP contribution in [-0.2, 0) is 11.2 Å². The summed E-state index contributed by atoms with van der Waals surface area (Å²) in [6, 6.07) is 3.82. The minimum Gasteiger partial charge on any atom is -0.465 e. The van der Waals surface area contributed by atoms with Crippen LogP contribution in [0.3, 0.4) is 0 Å². The number of carbonyl (C=O) groups is 1. The highest BCUT2D eigenvalue weighted by molar-refractivity contribution is 7.13. The van der Waals surface area contributed by atoms with Crippen LogP contribution >= 0.6 is 11.3 Å². The van der Waals surface area contributed by atoms with E-state index in [1.165, 1.54) is 18.4 Å². The Labute approximate surface area is 81.5 Å². The summed E-state index contributed by atoms with van der Waals surface area (Å²) in [6.45, 7) is 1.94. The van der Waals surface area contributed by atoms with Crippen LogP contribution < -0.4 is 5.73 Å². The van der Waals surface area contributed by atoms with Crippen LogP contribution in [0.25, 0.3) is 0 Å². The lowest BCUT2D eigenvalue weighted by Crippen LogP contribution is -2.16. The zero-order chi connectivity index (χ0) is 9.84. The van der Waals surface area contributed by atoms with Crippen LogP contribution in [0.4, 0.5) is 0 Å². The van der Waals surface area contributed by atoms with Gasteiger partial charge in [0.05, 0.1) is 7.11 Å². The smallest absolute Gasteiger partial charge is 0.348 e. The lowest BCUT2D eigenvalue weighted by Gasteiger charge is -2.00. The molecule has 1 aromatic heterocycles. The van der Waals surface area contributed by atoms with Gasteiger partial charge in [-0.3, -0.25) is 0 Å². The predicted molar refractivity (Wildman–Crippen MR) is 53.0 cm³/mol. The van der Waals surface area contributed by atoms with E-state index in [0.29, 0.717) is 4.88 Å². The summed E-state index contributed by atoms with van der Waals surface area (Å²) in [5, 5.41) is 0. The number of methoxy groups -OCH3 is 1. The lowest BCUT2D eigenvalue weighted by molar-refractivity contribution is 0.0606. The number of hydrogen-bond donors (Lipinski definition) is 1. The number of esters is 1. The summed E-state index contributed by atoms with van der Waals surface area (Å²) in [7, 11) is 1.38. The average molecular weight is 199 g/mol. The number of rotatable bonds is 3. The van der Waals surface area contributed by atoms with Crippen molar-refractivity contribution >= 4 is 17.3 Å². The third-order valence-electron chi connectivity index (χ3n) is 1.57. The van der Waals surface area contributed by atoms with Crippen LogP contribution in [0.5, 0.6) is 0 Å². The van der Waals surface area contributed by atoms with Gasteiger partial charge in [-0.05, 0) is 25.5 Å². The molecule has 0 bridgehead atoms. The molecule has 1 aromatic rings. The zero-order valence-electron chi connectivity index (χ0n) is 7.74. The molecule has 0 fully saturated rings. The SMILES string of the molecule is COC(=O)c1ccc(C[C@@H](C)N)s1. The molecule has 1 heterocycles. The first-order valence-electron chi connectivity index (χ1n) is 4.06. The highest BCUT2D eigenvalue weighted by atomic mass is 32.1. The molecule has 4 heteroatoms. The normalized spacial score (nSPS) is 12.5. The highest BCUT2D eigenvalue weighted by Gasteiger charge is 2.09. The fraction of sp³-hybridized carbons (Fsp3) is 0.444. The van der Waals surface area contributed by atoms with Crippen molar-refractivity contribution < 1.29 is 9.53 Å². The second-order valence-corrected chi connectivity index (χ2v) is 4.11. The molecule has 2 N–H and O–H groups in total. The van der Waals surface area contributed by atoms with Crippen molar-refractivity contribution in [3.05, 3.63) is 21.9 Å². The summed E-state index contributed by atoms with van der Waals surface area (Å²) in [5.74, 6) is -0.277. The van der Waals surface area contributed by atoms with Crippen LogP contribution in [0.2, 0.25) is 0 Å². The Morgan fingerprint density at radius 1 is 1.69 bits per heavy atom. The Morgan fingerprint density at radius 2 is 2.38 bits per heavy atom. The highest BCUT2D eigenvalue weighted by Crippen LogP contribution is 2.18. The van der Waals surface area contributed by atoms with Gasteiger partial charge in [0.15, 0.2) is 0 Å². The summed E-state index contributed by atoms with van der Waals surface area (Å²) in [4.78, 5) is 12.8. The second-order valence-electron chi connectivity index (χ2n) is 2.94. The van der Waals surface area contributed by atoms with Gasteiger partial charge in [0, 0.05) is 10.9 Å². The van der Waals surface area contributed by atoms with Gasteiger partial charge in [-0.2, -0.15) is 0 Å². The molecule has 0 aliphatic heterocycles. The summed E-state index contributed by atoms with van der Waals surface area (Å²) in [5.41, 5.74) is 5.63. The van der Waals surface area contributed by atoms with E-state index in [0.717, 1.165) is 11.3 Å². The van der Waals surface area contributed by atoms with E-state index in [1.54, 1.807) is 6.07 Å². The van der Waals surface area contributed by atoms with E-state index >= 15 is 0 Å². The van der Waals surface area contributed by atoms with Gasteiger partial charge < -0.3 is 10.5 Å². The molecule has 0 aliphatic carbocycles.